The van der Waals surface area contributed by atoms with E-state index in [9.17, 15) is 19.5 Å². The van der Waals surface area contributed by atoms with Gasteiger partial charge in [0.15, 0.2) is 17.6 Å². The van der Waals surface area contributed by atoms with Crippen LogP contribution in [0.3, 0.4) is 0 Å². The molecule has 1 fully saturated rings. The van der Waals surface area contributed by atoms with Crippen LogP contribution in [0.15, 0.2) is 17.4 Å². The molecule has 11 nitrogen and oxygen atoms in total. The highest BCUT2D eigenvalue weighted by Crippen LogP contribution is 2.27. The van der Waals surface area contributed by atoms with Gasteiger partial charge in [0.1, 0.15) is 11.0 Å². The summed E-state index contributed by atoms with van der Waals surface area (Å²) in [6, 6.07) is 1.33. The van der Waals surface area contributed by atoms with Crippen LogP contribution in [0, 0.1) is 0 Å². The maximum Gasteiger partial charge on any atom is 0.431 e. The van der Waals surface area contributed by atoms with Gasteiger partial charge in [-0.15, -0.1) is 0 Å². The fourth-order valence-corrected chi connectivity index (χ4v) is 2.97. The Morgan fingerprint density at radius 1 is 1.38 bits per heavy atom. The first-order valence-corrected chi connectivity index (χ1v) is 9.23. The number of rotatable bonds is 2. The zero-order valence-corrected chi connectivity index (χ0v) is 16.7. The summed E-state index contributed by atoms with van der Waals surface area (Å²) in [6.07, 6.45) is 0.0357. The Morgan fingerprint density at radius 3 is 2.76 bits per heavy atom. The number of nitrogens with zero attached hydrogens (tertiary/aromatic N) is 4. The van der Waals surface area contributed by atoms with Crippen LogP contribution < -0.4 is 10.4 Å². The molecule has 0 bridgehead atoms. The average Bonchev–Trinajstić information content (AvgIpc) is 2.65. The van der Waals surface area contributed by atoms with Gasteiger partial charge < -0.3 is 24.3 Å². The van der Waals surface area contributed by atoms with Crippen molar-refractivity contribution in [3.8, 4) is 5.75 Å². The third-order valence-electron chi connectivity index (χ3n) is 4.27. The van der Waals surface area contributed by atoms with Gasteiger partial charge in [-0.1, -0.05) is 12.1 Å². The molecule has 11 heteroatoms. The Bertz CT molecular complexity index is 902. The lowest BCUT2D eigenvalue weighted by Crippen LogP contribution is -2.67. The first-order valence-electron chi connectivity index (χ1n) is 9.23. The molecule has 158 valence electrons. The maximum atomic E-state index is 13.0. The van der Waals surface area contributed by atoms with Gasteiger partial charge in [-0.05, 0) is 26.8 Å². The molecule has 2 aliphatic rings. The van der Waals surface area contributed by atoms with E-state index in [0.717, 1.165) is 0 Å². The summed E-state index contributed by atoms with van der Waals surface area (Å²) in [5, 5.41) is 15.4. The number of fused-ring (bicyclic) bond motifs is 2. The Morgan fingerprint density at radius 2 is 2.10 bits per heavy atom. The van der Waals surface area contributed by atoms with Crippen LogP contribution in [-0.2, 0) is 19.1 Å². The van der Waals surface area contributed by atoms with Crippen molar-refractivity contribution in [3.05, 3.63) is 23.3 Å². The minimum atomic E-state index is -0.773. The summed E-state index contributed by atoms with van der Waals surface area (Å²) in [7, 11) is 0. The van der Waals surface area contributed by atoms with Gasteiger partial charge in [0.25, 0.3) is 5.91 Å². The van der Waals surface area contributed by atoms with Gasteiger partial charge in [-0.2, -0.15) is 5.01 Å². The first kappa shape index (κ1) is 20.6. The van der Waals surface area contributed by atoms with E-state index in [0.29, 0.717) is 6.61 Å². The summed E-state index contributed by atoms with van der Waals surface area (Å²) in [4.78, 5) is 43.4. The molecule has 0 radical (unpaired) electrons. The average molecular weight is 408 g/mol. The zero-order valence-electron chi connectivity index (χ0n) is 16.7. The number of hydrogen-bond donors (Lipinski definition) is 1. The lowest BCUT2D eigenvalue weighted by Gasteiger charge is -2.46. The highest BCUT2D eigenvalue weighted by Gasteiger charge is 2.45. The number of ether oxygens (including phenoxy) is 2. The molecule has 1 saturated heterocycles. The van der Waals surface area contributed by atoms with E-state index < -0.39 is 35.5 Å². The Hall–Kier alpha value is -3.08. The molecule has 0 aliphatic carbocycles. The zero-order chi connectivity index (χ0) is 21.3. The van der Waals surface area contributed by atoms with Gasteiger partial charge in [0.2, 0.25) is 0 Å². The molecular weight excluding hydrogens is 384 g/mol. The number of morpholine rings is 1. The van der Waals surface area contributed by atoms with Gasteiger partial charge in [-0.25, -0.2) is 14.3 Å². The second-order valence-electron chi connectivity index (χ2n) is 7.53. The molecule has 1 aromatic heterocycles. The van der Waals surface area contributed by atoms with Gasteiger partial charge in [-0.3, -0.25) is 4.79 Å². The molecule has 0 aromatic carbocycles. The van der Waals surface area contributed by atoms with Crippen LogP contribution in [0.1, 0.15) is 44.6 Å². The van der Waals surface area contributed by atoms with E-state index >= 15 is 0 Å². The third-order valence-corrected chi connectivity index (χ3v) is 4.27. The molecule has 2 aliphatic heterocycles. The van der Waals surface area contributed by atoms with Crippen molar-refractivity contribution in [3.63, 3.8) is 0 Å². The number of aromatic nitrogens is 1. The van der Waals surface area contributed by atoms with Crippen molar-refractivity contribution < 1.29 is 33.8 Å². The summed E-state index contributed by atoms with van der Waals surface area (Å²) >= 11 is 0. The van der Waals surface area contributed by atoms with Gasteiger partial charge in [0, 0.05) is 19.2 Å². The standard InChI is InChI=1S/C18H24N4O7/c1-5-13(23)29-19-11-6-7-21-14(15(11)24)16(25)20-8-9-27-10-12(20)22(21)17(26)28-18(2,3)4/h6-7,12,24H,5,8-10H2,1-4H3/b19-11+/t12-/m1/s1. The monoisotopic (exact) mass is 408 g/mol. The second-order valence-corrected chi connectivity index (χ2v) is 7.53. The van der Waals surface area contributed by atoms with E-state index in [1.165, 1.54) is 26.8 Å². The SMILES string of the molecule is CCC(=O)O/N=c1\ccn2c(c1O)C(=O)N1CCOC[C@H]1N2C(=O)OC(C)(C)C. The normalized spacial score (nSPS) is 19.5. The number of carbonyl (C=O) groups excluding carboxylic acids is 3. The summed E-state index contributed by atoms with van der Waals surface area (Å²) < 4.78 is 12.1. The van der Waals surface area contributed by atoms with Gasteiger partial charge >= 0.3 is 12.1 Å². The van der Waals surface area contributed by atoms with E-state index in [1.54, 1.807) is 27.7 Å². The molecule has 3 heterocycles. The summed E-state index contributed by atoms with van der Waals surface area (Å²) in [5.74, 6) is -1.61. The molecule has 29 heavy (non-hydrogen) atoms. The highest BCUT2D eigenvalue weighted by atomic mass is 16.7. The Kier molecular flexibility index (Phi) is 5.51. The molecule has 1 aromatic rings. The van der Waals surface area contributed by atoms with Crippen LogP contribution in [0.4, 0.5) is 4.79 Å². The molecule has 1 atom stereocenters. The van der Waals surface area contributed by atoms with E-state index in [4.69, 9.17) is 14.3 Å². The Balaban J connectivity index is 2.11. The van der Waals surface area contributed by atoms with Crippen molar-refractivity contribution >= 4 is 18.0 Å². The molecule has 1 N–H and O–H groups in total. The summed E-state index contributed by atoms with van der Waals surface area (Å²) in [5.41, 5.74) is -0.964. The number of hydrogen-bond acceptors (Lipinski definition) is 8. The lowest BCUT2D eigenvalue weighted by atomic mass is 10.2. The summed E-state index contributed by atoms with van der Waals surface area (Å²) in [6.45, 7) is 7.39. The van der Waals surface area contributed by atoms with Crippen molar-refractivity contribution in [2.75, 3.05) is 24.8 Å². The predicted octanol–water partition coefficient (Wildman–Crippen LogP) is 0.648. The first-order chi connectivity index (χ1) is 13.6. The largest absolute Gasteiger partial charge is 0.504 e. The number of amides is 2. The number of carbonyl (C=O) groups is 3. The molecule has 0 spiro atoms. The topological polar surface area (TPSA) is 123 Å². The fourth-order valence-electron chi connectivity index (χ4n) is 2.97. The quantitative estimate of drug-likeness (QED) is 0.563. The lowest BCUT2D eigenvalue weighted by molar-refractivity contribution is -0.143. The number of aromatic hydroxyl groups is 1. The van der Waals surface area contributed by atoms with Crippen molar-refractivity contribution in [2.24, 2.45) is 5.16 Å². The predicted molar refractivity (Wildman–Crippen MR) is 98.1 cm³/mol. The molecule has 3 rings (SSSR count). The minimum Gasteiger partial charge on any atom is -0.504 e. The van der Waals surface area contributed by atoms with Crippen LogP contribution >= 0.6 is 0 Å². The van der Waals surface area contributed by atoms with Crippen LogP contribution in [0.2, 0.25) is 0 Å². The Labute approximate surface area is 167 Å². The van der Waals surface area contributed by atoms with Crippen LogP contribution in [0.25, 0.3) is 0 Å². The van der Waals surface area contributed by atoms with Gasteiger partial charge in [0.05, 0.1) is 13.2 Å². The van der Waals surface area contributed by atoms with E-state index in [2.05, 4.69) is 5.16 Å². The molecular formula is C18H24N4O7. The van der Waals surface area contributed by atoms with E-state index in [1.807, 2.05) is 0 Å². The van der Waals surface area contributed by atoms with E-state index in [-0.39, 0.29) is 30.6 Å². The number of pyridine rings is 1. The minimum absolute atomic E-state index is 0.0957. The second kappa shape index (κ2) is 7.74. The van der Waals surface area contributed by atoms with Crippen LogP contribution in [0.5, 0.6) is 5.75 Å². The highest BCUT2D eigenvalue weighted by molar-refractivity contribution is 5.98. The maximum absolute atomic E-state index is 13.0. The molecule has 0 unspecified atom stereocenters. The molecule has 0 saturated carbocycles. The van der Waals surface area contributed by atoms with Crippen LogP contribution in [-0.4, -0.2) is 64.2 Å². The smallest absolute Gasteiger partial charge is 0.431 e. The fraction of sp³-hybridized carbons (Fsp3) is 0.556. The van der Waals surface area contributed by atoms with Crippen molar-refractivity contribution in [1.82, 2.24) is 9.58 Å². The van der Waals surface area contributed by atoms with Crippen molar-refractivity contribution in [2.45, 2.75) is 45.9 Å². The third kappa shape index (κ3) is 4.04. The molecule has 2 amide bonds. The van der Waals surface area contributed by atoms with Crippen molar-refractivity contribution in [1.29, 1.82) is 0 Å².